The summed E-state index contributed by atoms with van der Waals surface area (Å²) in [4.78, 5) is 0.269. The smallest absolute Gasteiger partial charge is 0.186 e. The van der Waals surface area contributed by atoms with Gasteiger partial charge in [-0.05, 0) is 35.0 Å². The minimum atomic E-state index is -3.43. The minimum absolute atomic E-state index is 0.00243. The number of hydrogen-bond donors (Lipinski definition) is 1. The van der Waals surface area contributed by atoms with Crippen LogP contribution in [0.25, 0.3) is 0 Å². The van der Waals surface area contributed by atoms with E-state index in [2.05, 4.69) is 21.2 Å². The fourth-order valence-corrected chi connectivity index (χ4v) is 4.57. The molecule has 1 N–H and O–H groups in total. The van der Waals surface area contributed by atoms with Crippen LogP contribution >= 0.6 is 15.9 Å². The summed E-state index contributed by atoms with van der Waals surface area (Å²) in [5.41, 5.74) is 0.592. The molecular weight excluding hydrogens is 304 g/mol. The zero-order chi connectivity index (χ0) is 12.6. The fraction of sp³-hybridized carbons (Fsp3) is 0.364. The van der Waals surface area contributed by atoms with E-state index in [-0.39, 0.29) is 17.4 Å². The molecule has 90 valence electrons. The van der Waals surface area contributed by atoms with Gasteiger partial charge in [-0.2, -0.15) is 5.26 Å². The predicted octanol–water partition coefficient (Wildman–Crippen LogP) is 2.32. The van der Waals surface area contributed by atoms with Gasteiger partial charge in [-0.3, -0.25) is 0 Å². The van der Waals surface area contributed by atoms with Gasteiger partial charge in [0.2, 0.25) is 0 Å². The van der Waals surface area contributed by atoms with E-state index >= 15 is 0 Å². The summed E-state index contributed by atoms with van der Waals surface area (Å²) in [6.07, 6.45) is 0.00243. The van der Waals surface area contributed by atoms with Gasteiger partial charge in [0.25, 0.3) is 0 Å². The van der Waals surface area contributed by atoms with E-state index in [1.165, 1.54) is 0 Å². The highest BCUT2D eigenvalue weighted by Gasteiger charge is 2.39. The van der Waals surface area contributed by atoms with Crippen LogP contribution < -0.4 is 5.32 Å². The molecule has 6 heteroatoms. The van der Waals surface area contributed by atoms with Crippen molar-refractivity contribution in [1.29, 1.82) is 5.26 Å². The number of hydrogen-bond acceptors (Lipinski definition) is 4. The monoisotopic (exact) mass is 314 g/mol. The lowest BCUT2D eigenvalue weighted by molar-refractivity contribution is 0.560. The van der Waals surface area contributed by atoms with Crippen LogP contribution in [0.5, 0.6) is 0 Å². The molecule has 2 rings (SSSR count). The second-order valence-electron chi connectivity index (χ2n) is 3.99. The maximum atomic E-state index is 12.3. The van der Waals surface area contributed by atoms with Crippen molar-refractivity contribution in [3.8, 4) is 6.07 Å². The van der Waals surface area contributed by atoms with Crippen LogP contribution in [0.2, 0.25) is 0 Å². The third-order valence-electron chi connectivity index (χ3n) is 2.90. The van der Waals surface area contributed by atoms with Crippen molar-refractivity contribution >= 4 is 31.5 Å². The molecule has 2 unspecified atom stereocenters. The van der Waals surface area contributed by atoms with Crippen LogP contribution in [0.1, 0.15) is 13.3 Å². The second kappa shape index (κ2) is 4.31. The number of halogens is 1. The van der Waals surface area contributed by atoms with Crippen LogP contribution in [0, 0.1) is 11.3 Å². The Labute approximate surface area is 109 Å². The minimum Gasteiger partial charge on any atom is -0.379 e. The van der Waals surface area contributed by atoms with Crippen LogP contribution in [0.3, 0.4) is 0 Å². The Balaban J connectivity index is 2.63. The molecule has 0 spiro atoms. The van der Waals surface area contributed by atoms with Gasteiger partial charge in [0.15, 0.2) is 9.84 Å². The van der Waals surface area contributed by atoms with E-state index in [4.69, 9.17) is 5.26 Å². The Morgan fingerprint density at radius 2 is 2.24 bits per heavy atom. The molecule has 1 aromatic carbocycles. The van der Waals surface area contributed by atoms with Crippen molar-refractivity contribution in [2.45, 2.75) is 29.5 Å². The molecule has 0 aromatic heterocycles. The van der Waals surface area contributed by atoms with Crippen molar-refractivity contribution in [3.63, 3.8) is 0 Å². The number of sulfone groups is 1. The summed E-state index contributed by atoms with van der Waals surface area (Å²) in [5, 5.41) is 11.2. The summed E-state index contributed by atoms with van der Waals surface area (Å²) < 4.78 is 25.4. The molecule has 0 radical (unpaired) electrons. The Hall–Kier alpha value is -1.06. The standard InChI is InChI=1S/C11H11BrN2O2S/c1-7-9(5-6-13)17(15,16)10-4-2-3-8(12)11(10)14-7/h2-4,7,9,14H,5H2,1H3. The molecule has 4 nitrogen and oxygen atoms in total. The first-order valence-corrected chi connectivity index (χ1v) is 7.48. The number of benzene rings is 1. The highest BCUT2D eigenvalue weighted by Crippen LogP contribution is 2.38. The Morgan fingerprint density at radius 3 is 2.88 bits per heavy atom. The molecule has 2 atom stereocenters. The van der Waals surface area contributed by atoms with Gasteiger partial charge in [0.1, 0.15) is 0 Å². The lowest BCUT2D eigenvalue weighted by Crippen LogP contribution is -2.41. The Morgan fingerprint density at radius 1 is 1.53 bits per heavy atom. The zero-order valence-electron chi connectivity index (χ0n) is 9.14. The first-order chi connectivity index (χ1) is 7.98. The largest absolute Gasteiger partial charge is 0.379 e. The molecular formula is C11H11BrN2O2S. The highest BCUT2D eigenvalue weighted by molar-refractivity contribution is 9.10. The summed E-state index contributed by atoms with van der Waals surface area (Å²) in [6.45, 7) is 1.78. The number of fused-ring (bicyclic) bond motifs is 1. The zero-order valence-corrected chi connectivity index (χ0v) is 11.5. The molecule has 1 aromatic rings. The summed E-state index contributed by atoms with van der Waals surface area (Å²) in [6, 6.07) is 6.71. The van der Waals surface area contributed by atoms with E-state index in [0.29, 0.717) is 5.69 Å². The van der Waals surface area contributed by atoms with E-state index in [0.717, 1.165) is 4.47 Å². The molecule has 1 heterocycles. The molecule has 0 amide bonds. The number of nitriles is 1. The van der Waals surface area contributed by atoms with Crippen LogP contribution in [0.4, 0.5) is 5.69 Å². The average Bonchev–Trinajstić information content (AvgIpc) is 2.26. The third kappa shape index (κ3) is 1.94. The van der Waals surface area contributed by atoms with Gasteiger partial charge in [0, 0.05) is 10.5 Å². The molecule has 1 aliphatic heterocycles. The summed E-state index contributed by atoms with van der Waals surface area (Å²) >= 11 is 3.33. The van der Waals surface area contributed by atoms with E-state index in [1.54, 1.807) is 25.1 Å². The Kier molecular flexibility index (Phi) is 3.15. The van der Waals surface area contributed by atoms with Crippen molar-refractivity contribution in [2.75, 3.05) is 5.32 Å². The topological polar surface area (TPSA) is 70.0 Å². The SMILES string of the molecule is CC1Nc2c(Br)cccc2S(=O)(=O)C1CC#N. The molecule has 0 saturated carbocycles. The number of anilines is 1. The van der Waals surface area contributed by atoms with E-state index in [1.807, 2.05) is 6.07 Å². The lowest BCUT2D eigenvalue weighted by atomic mass is 10.1. The molecule has 0 saturated heterocycles. The quantitative estimate of drug-likeness (QED) is 0.863. The summed E-state index contributed by atoms with van der Waals surface area (Å²) in [7, 11) is -3.43. The van der Waals surface area contributed by atoms with Gasteiger partial charge >= 0.3 is 0 Å². The second-order valence-corrected chi connectivity index (χ2v) is 6.98. The van der Waals surface area contributed by atoms with Gasteiger partial charge in [-0.1, -0.05) is 6.07 Å². The van der Waals surface area contributed by atoms with Crippen molar-refractivity contribution in [1.82, 2.24) is 0 Å². The molecule has 1 aliphatic rings. The van der Waals surface area contributed by atoms with Crippen LogP contribution in [-0.2, 0) is 9.84 Å². The van der Waals surface area contributed by atoms with E-state index in [9.17, 15) is 8.42 Å². The maximum Gasteiger partial charge on any atom is 0.186 e. The lowest BCUT2D eigenvalue weighted by Gasteiger charge is -2.31. The summed E-state index contributed by atoms with van der Waals surface area (Å²) in [5.74, 6) is 0. The number of rotatable bonds is 1. The van der Waals surface area contributed by atoms with Crippen molar-refractivity contribution in [2.24, 2.45) is 0 Å². The number of nitrogens with zero attached hydrogens (tertiary/aromatic N) is 1. The average molecular weight is 315 g/mol. The van der Waals surface area contributed by atoms with Gasteiger partial charge in [0.05, 0.1) is 28.3 Å². The highest BCUT2D eigenvalue weighted by atomic mass is 79.9. The molecule has 0 fully saturated rings. The molecule has 0 aliphatic carbocycles. The predicted molar refractivity (Wildman–Crippen MR) is 68.4 cm³/mol. The van der Waals surface area contributed by atoms with Crippen LogP contribution in [-0.4, -0.2) is 19.7 Å². The van der Waals surface area contributed by atoms with Crippen molar-refractivity contribution < 1.29 is 8.42 Å². The van der Waals surface area contributed by atoms with Gasteiger partial charge in [-0.25, -0.2) is 8.42 Å². The van der Waals surface area contributed by atoms with Crippen LogP contribution in [0.15, 0.2) is 27.6 Å². The van der Waals surface area contributed by atoms with Crippen molar-refractivity contribution in [3.05, 3.63) is 22.7 Å². The maximum absolute atomic E-state index is 12.3. The van der Waals surface area contributed by atoms with E-state index < -0.39 is 15.1 Å². The normalized spacial score (nSPS) is 25.5. The number of para-hydroxylation sites is 1. The number of nitrogens with one attached hydrogen (secondary N) is 1. The first kappa shape index (κ1) is 12.4. The fourth-order valence-electron chi connectivity index (χ4n) is 2.01. The Bertz CT molecular complexity index is 592. The van der Waals surface area contributed by atoms with Gasteiger partial charge in [-0.15, -0.1) is 0 Å². The first-order valence-electron chi connectivity index (χ1n) is 5.14. The van der Waals surface area contributed by atoms with Gasteiger partial charge < -0.3 is 5.32 Å². The molecule has 17 heavy (non-hydrogen) atoms. The molecule has 0 bridgehead atoms. The third-order valence-corrected chi connectivity index (χ3v) is 5.89.